The molecule has 0 saturated heterocycles. The molecule has 2 atom stereocenters. The van der Waals surface area contributed by atoms with E-state index in [4.69, 9.17) is 0 Å². The Labute approximate surface area is 178 Å². The van der Waals surface area contributed by atoms with Crippen LogP contribution in [-0.4, -0.2) is 48.2 Å². The Kier molecular flexibility index (Phi) is 6.30. The highest BCUT2D eigenvalue weighted by Crippen LogP contribution is 2.61. The molecule has 0 bridgehead atoms. The molecule has 0 amide bonds. The molecule has 1 aromatic rings. The van der Waals surface area contributed by atoms with Crippen LogP contribution in [0.2, 0.25) is 0 Å². The van der Waals surface area contributed by atoms with Crippen LogP contribution in [0, 0.1) is 5.41 Å². The van der Waals surface area contributed by atoms with Crippen molar-refractivity contribution in [3.8, 4) is 0 Å². The van der Waals surface area contributed by atoms with E-state index in [1.165, 1.54) is 0 Å². The number of carbonyl (C=O) groups excluding carboxylic acids is 1. The topological polar surface area (TPSA) is 115 Å². The zero-order valence-corrected chi connectivity index (χ0v) is 18.4. The van der Waals surface area contributed by atoms with Gasteiger partial charge >= 0.3 is 5.97 Å². The number of anilines is 1. The molecule has 2 aliphatic rings. The Morgan fingerprint density at radius 2 is 1.93 bits per heavy atom. The van der Waals surface area contributed by atoms with E-state index in [1.807, 2.05) is 18.2 Å². The number of Topliss-reactive ketones (excluding diaryl/α,β-unsaturated/α-hetero) is 1. The van der Waals surface area contributed by atoms with E-state index in [1.54, 1.807) is 0 Å². The maximum Gasteiger partial charge on any atom is 0.303 e. The third kappa shape index (κ3) is 4.25. The highest BCUT2D eigenvalue weighted by Gasteiger charge is 2.61. The van der Waals surface area contributed by atoms with Gasteiger partial charge in [-0.3, -0.25) is 9.59 Å². The standard InChI is InChI=1S/C22H31NO6S/c1-21(2)15-16(24)14-19-22(21,11-7-10-20(25)26)17-8-3-4-9-18(17)23(19)12-5-6-13-30(27,28)29/h3-4,8-9,19H,5-7,10-15H2,1-2H3,(H,25,26)(H,27,28,29)/p-1. The molecule has 1 heterocycles. The molecule has 0 radical (unpaired) electrons. The fourth-order valence-electron chi connectivity index (χ4n) is 5.75. The summed E-state index contributed by atoms with van der Waals surface area (Å²) in [4.78, 5) is 26.0. The van der Waals surface area contributed by atoms with E-state index >= 15 is 0 Å². The van der Waals surface area contributed by atoms with Gasteiger partial charge in [-0.1, -0.05) is 32.0 Å². The average molecular weight is 437 g/mol. The van der Waals surface area contributed by atoms with Crippen LogP contribution in [0.1, 0.15) is 64.4 Å². The second-order valence-corrected chi connectivity index (χ2v) is 10.7. The SMILES string of the molecule is CC1(C)CC(=O)CC2N(CCCCS(=O)(=O)[O-])c3ccccc3C21CCCC(=O)O. The smallest absolute Gasteiger partial charge is 0.303 e. The van der Waals surface area contributed by atoms with Crippen molar-refractivity contribution in [3.63, 3.8) is 0 Å². The van der Waals surface area contributed by atoms with E-state index in [-0.39, 0.29) is 41.2 Å². The number of hydrogen-bond acceptors (Lipinski definition) is 6. The van der Waals surface area contributed by atoms with E-state index in [9.17, 15) is 27.7 Å². The predicted molar refractivity (Wildman–Crippen MR) is 113 cm³/mol. The Hall–Kier alpha value is -1.93. The number of aliphatic carboxylic acids is 1. The number of carboxylic acids is 1. The van der Waals surface area contributed by atoms with E-state index < -0.39 is 16.1 Å². The summed E-state index contributed by atoms with van der Waals surface area (Å²) in [5.41, 5.74) is 1.49. The van der Waals surface area contributed by atoms with Crippen molar-refractivity contribution in [1.29, 1.82) is 0 Å². The summed E-state index contributed by atoms with van der Waals surface area (Å²) in [7, 11) is -4.24. The number of para-hydroxylation sites is 1. The maximum absolute atomic E-state index is 12.7. The highest BCUT2D eigenvalue weighted by atomic mass is 32.2. The van der Waals surface area contributed by atoms with Gasteiger partial charge in [-0.25, -0.2) is 8.42 Å². The van der Waals surface area contributed by atoms with Gasteiger partial charge in [0.15, 0.2) is 0 Å². The van der Waals surface area contributed by atoms with Crippen LogP contribution in [0.15, 0.2) is 24.3 Å². The number of rotatable bonds is 9. The molecule has 8 heteroatoms. The van der Waals surface area contributed by atoms with Gasteiger partial charge in [0.2, 0.25) is 0 Å². The summed E-state index contributed by atoms with van der Waals surface area (Å²) in [5.74, 6) is -1.02. The van der Waals surface area contributed by atoms with Crippen LogP contribution in [-0.2, 0) is 25.1 Å². The number of ketones is 1. The van der Waals surface area contributed by atoms with Crippen LogP contribution >= 0.6 is 0 Å². The van der Waals surface area contributed by atoms with Crippen molar-refractivity contribution in [1.82, 2.24) is 0 Å². The second kappa shape index (κ2) is 8.30. The molecule has 1 N–H and O–H groups in total. The van der Waals surface area contributed by atoms with Crippen LogP contribution in [0.3, 0.4) is 0 Å². The van der Waals surface area contributed by atoms with Gasteiger partial charge in [0.1, 0.15) is 5.78 Å². The van der Waals surface area contributed by atoms with Crippen molar-refractivity contribution in [2.45, 2.75) is 70.3 Å². The minimum absolute atomic E-state index is 0.0853. The van der Waals surface area contributed by atoms with E-state index in [0.717, 1.165) is 11.3 Å². The zero-order valence-electron chi connectivity index (χ0n) is 17.6. The second-order valence-electron chi connectivity index (χ2n) is 9.22. The normalized spacial score (nSPS) is 25.1. The number of carbonyl (C=O) groups is 2. The molecule has 3 rings (SSSR count). The van der Waals surface area contributed by atoms with Crippen molar-refractivity contribution >= 4 is 27.6 Å². The first-order chi connectivity index (χ1) is 14.0. The van der Waals surface area contributed by atoms with Crippen molar-refractivity contribution < 1.29 is 27.7 Å². The van der Waals surface area contributed by atoms with Crippen molar-refractivity contribution in [3.05, 3.63) is 29.8 Å². The zero-order chi connectivity index (χ0) is 22.2. The molecule has 30 heavy (non-hydrogen) atoms. The summed E-state index contributed by atoms with van der Waals surface area (Å²) < 4.78 is 32.8. The largest absolute Gasteiger partial charge is 0.748 e. The Morgan fingerprint density at radius 3 is 2.60 bits per heavy atom. The summed E-state index contributed by atoms with van der Waals surface area (Å²) >= 11 is 0. The fraction of sp³-hybridized carbons (Fsp3) is 0.636. The molecule has 1 fully saturated rings. The lowest BCUT2D eigenvalue weighted by Gasteiger charge is -2.53. The number of unbranched alkanes of at least 4 members (excludes halogenated alkanes) is 1. The minimum Gasteiger partial charge on any atom is -0.748 e. The lowest BCUT2D eigenvalue weighted by atomic mass is 9.52. The third-order valence-corrected chi connectivity index (χ3v) is 7.70. The quantitative estimate of drug-likeness (QED) is 0.467. The summed E-state index contributed by atoms with van der Waals surface area (Å²) in [6, 6.07) is 7.95. The molecule has 1 saturated carbocycles. The lowest BCUT2D eigenvalue weighted by Crippen LogP contribution is -2.58. The van der Waals surface area contributed by atoms with Gasteiger partial charge in [0.25, 0.3) is 0 Å². The number of hydrogen-bond donors (Lipinski definition) is 1. The average Bonchev–Trinajstić information content (AvgIpc) is 2.88. The van der Waals surface area contributed by atoms with Gasteiger partial charge in [0, 0.05) is 48.7 Å². The summed E-state index contributed by atoms with van der Waals surface area (Å²) in [6.07, 6.45) is 2.94. The van der Waals surface area contributed by atoms with Crippen LogP contribution < -0.4 is 4.90 Å². The maximum atomic E-state index is 12.7. The van der Waals surface area contributed by atoms with Gasteiger partial charge in [-0.05, 0) is 42.7 Å². The fourth-order valence-corrected chi connectivity index (χ4v) is 6.31. The number of carboxylic acid groups (broad SMARTS) is 1. The molecule has 166 valence electrons. The first-order valence-electron chi connectivity index (χ1n) is 10.5. The number of benzene rings is 1. The minimum atomic E-state index is -4.24. The van der Waals surface area contributed by atoms with E-state index in [0.29, 0.717) is 38.6 Å². The van der Waals surface area contributed by atoms with Gasteiger partial charge in [-0.2, -0.15) is 0 Å². The monoisotopic (exact) mass is 436 g/mol. The molecule has 0 aromatic heterocycles. The van der Waals surface area contributed by atoms with Gasteiger partial charge in [-0.15, -0.1) is 0 Å². The first-order valence-corrected chi connectivity index (χ1v) is 12.1. The van der Waals surface area contributed by atoms with Crippen LogP contribution in [0.25, 0.3) is 0 Å². The van der Waals surface area contributed by atoms with Gasteiger partial charge < -0.3 is 14.6 Å². The molecule has 0 spiro atoms. The van der Waals surface area contributed by atoms with Gasteiger partial charge in [0.05, 0.1) is 10.1 Å². The Bertz CT molecular complexity index is 925. The Balaban J connectivity index is 1.96. The summed E-state index contributed by atoms with van der Waals surface area (Å²) in [5, 5.41) is 9.17. The molecular formula is C22H30NO6S-. The summed E-state index contributed by atoms with van der Waals surface area (Å²) in [6.45, 7) is 4.76. The van der Waals surface area contributed by atoms with Crippen LogP contribution in [0.5, 0.6) is 0 Å². The first kappa shape index (κ1) is 22.7. The third-order valence-electron chi connectivity index (χ3n) is 6.91. The predicted octanol–water partition coefficient (Wildman–Crippen LogP) is 3.08. The molecule has 2 unspecified atom stereocenters. The van der Waals surface area contributed by atoms with Crippen molar-refractivity contribution in [2.24, 2.45) is 5.41 Å². The molecule has 1 aliphatic heterocycles. The molecule has 1 aliphatic carbocycles. The number of fused-ring (bicyclic) bond motifs is 3. The number of nitrogens with zero attached hydrogens (tertiary/aromatic N) is 1. The van der Waals surface area contributed by atoms with Crippen LogP contribution in [0.4, 0.5) is 5.69 Å². The Morgan fingerprint density at radius 1 is 1.23 bits per heavy atom. The highest BCUT2D eigenvalue weighted by molar-refractivity contribution is 7.85. The molecular weight excluding hydrogens is 406 g/mol. The molecule has 7 nitrogen and oxygen atoms in total. The van der Waals surface area contributed by atoms with Crippen molar-refractivity contribution in [2.75, 3.05) is 17.2 Å². The molecule has 1 aromatic carbocycles. The lowest BCUT2D eigenvalue weighted by molar-refractivity contribution is -0.137. The van der Waals surface area contributed by atoms with E-state index in [2.05, 4.69) is 24.8 Å².